The lowest BCUT2D eigenvalue weighted by Crippen LogP contribution is -2.56. The van der Waals surface area contributed by atoms with Crippen molar-refractivity contribution in [2.75, 3.05) is 34.0 Å². The quantitative estimate of drug-likeness (QED) is 0.0671. The first-order chi connectivity index (χ1) is 27.5. The summed E-state index contributed by atoms with van der Waals surface area (Å²) in [5, 5.41) is 9.46. The summed E-state index contributed by atoms with van der Waals surface area (Å²) in [6, 6.07) is 27.7. The highest BCUT2D eigenvalue weighted by atomic mass is 31.2. The molecule has 2 saturated heterocycles. The molecule has 14 heteroatoms. The van der Waals surface area contributed by atoms with E-state index < -0.39 is 49.4 Å². The van der Waals surface area contributed by atoms with Gasteiger partial charge in [-0.2, -0.15) is 5.26 Å². The summed E-state index contributed by atoms with van der Waals surface area (Å²) in [5.74, 6) is 1.39. The molecule has 3 aromatic carbocycles. The molecule has 6 rings (SSSR count). The van der Waals surface area contributed by atoms with Crippen molar-refractivity contribution in [2.24, 2.45) is 0 Å². The molecule has 2 aliphatic rings. The molecule has 0 aliphatic carbocycles. The molecule has 0 radical (unpaired) electrons. The first-order valence-corrected chi connectivity index (χ1v) is 20.5. The average Bonchev–Trinajstić information content (AvgIpc) is 3.53. The second-order valence-corrected chi connectivity index (χ2v) is 16.2. The van der Waals surface area contributed by atoms with Crippen LogP contribution in [0.2, 0.25) is 0 Å². The lowest BCUT2D eigenvalue weighted by Gasteiger charge is -2.46. The predicted molar refractivity (Wildman–Crippen MR) is 216 cm³/mol. The number of nitriles is 1. The van der Waals surface area contributed by atoms with Crippen molar-refractivity contribution in [3.8, 4) is 17.6 Å². The van der Waals surface area contributed by atoms with Crippen LogP contribution in [-0.2, 0) is 28.9 Å². The van der Waals surface area contributed by atoms with E-state index in [1.807, 2.05) is 78.9 Å². The minimum atomic E-state index is -1.80. The van der Waals surface area contributed by atoms with E-state index in [9.17, 15) is 14.9 Å². The van der Waals surface area contributed by atoms with Crippen molar-refractivity contribution in [3.63, 3.8) is 0 Å². The molecule has 0 saturated carbocycles. The number of rotatable bonds is 17. The number of hydrogen-bond donors (Lipinski definition) is 1. The number of H-pyrrole nitrogens is 1. The minimum Gasteiger partial charge on any atom is -0.497 e. The van der Waals surface area contributed by atoms with E-state index in [-0.39, 0.29) is 31.7 Å². The third kappa shape index (κ3) is 8.59. The number of nitrogens with zero attached hydrogens (tertiary/aromatic N) is 3. The topological polar surface area (TPSA) is 147 Å². The lowest BCUT2D eigenvalue weighted by atomic mass is 9.79. The van der Waals surface area contributed by atoms with Gasteiger partial charge >= 0.3 is 5.69 Å². The van der Waals surface area contributed by atoms with E-state index in [0.717, 1.165) is 16.7 Å². The van der Waals surface area contributed by atoms with Crippen LogP contribution < -0.4 is 20.7 Å². The first kappa shape index (κ1) is 42.2. The number of aromatic nitrogens is 2. The fourth-order valence-electron chi connectivity index (χ4n) is 7.89. The van der Waals surface area contributed by atoms with E-state index in [1.165, 1.54) is 10.8 Å². The van der Waals surface area contributed by atoms with Gasteiger partial charge in [0, 0.05) is 30.5 Å². The van der Waals surface area contributed by atoms with Crippen molar-refractivity contribution in [3.05, 3.63) is 128 Å². The van der Waals surface area contributed by atoms with E-state index >= 15 is 0 Å². The summed E-state index contributed by atoms with van der Waals surface area (Å²) in [7, 11) is 1.46. The van der Waals surface area contributed by atoms with Gasteiger partial charge in [-0.25, -0.2) is 9.46 Å². The zero-order chi connectivity index (χ0) is 40.7. The Morgan fingerprint density at radius 2 is 1.54 bits per heavy atom. The van der Waals surface area contributed by atoms with Crippen molar-refractivity contribution in [1.29, 1.82) is 5.26 Å². The maximum absolute atomic E-state index is 13.5. The first-order valence-electron chi connectivity index (χ1n) is 19.3. The summed E-state index contributed by atoms with van der Waals surface area (Å²) >= 11 is 0. The molecule has 57 heavy (non-hydrogen) atoms. The number of hydrogen-bond acceptors (Lipinski definition) is 11. The third-order valence-corrected chi connectivity index (χ3v) is 12.8. The number of nitrogens with one attached hydrogen (secondary N) is 1. The van der Waals surface area contributed by atoms with Gasteiger partial charge in [0.1, 0.15) is 34.9 Å². The second kappa shape index (κ2) is 18.5. The Balaban J connectivity index is 1.53. The predicted octanol–water partition coefficient (Wildman–Crippen LogP) is 6.98. The molecule has 2 aliphatic heterocycles. The van der Waals surface area contributed by atoms with E-state index in [0.29, 0.717) is 36.5 Å². The molecule has 0 bridgehead atoms. The van der Waals surface area contributed by atoms with E-state index in [2.05, 4.69) is 43.4 Å². The van der Waals surface area contributed by atoms with E-state index in [1.54, 1.807) is 21.1 Å². The fourth-order valence-corrected chi connectivity index (χ4v) is 9.78. The maximum atomic E-state index is 13.5. The number of fused-ring (bicyclic) bond motifs is 1. The molecule has 0 spiro atoms. The molecule has 3 heterocycles. The summed E-state index contributed by atoms with van der Waals surface area (Å²) in [4.78, 5) is 28.5. The van der Waals surface area contributed by atoms with Crippen LogP contribution in [0.1, 0.15) is 75.4 Å². The molecule has 1 aromatic heterocycles. The highest BCUT2D eigenvalue weighted by molar-refractivity contribution is 7.44. The summed E-state index contributed by atoms with van der Waals surface area (Å²) < 4.78 is 49.4. The van der Waals surface area contributed by atoms with Gasteiger partial charge in [0.05, 0.1) is 39.9 Å². The Bertz CT molecular complexity index is 2030. The van der Waals surface area contributed by atoms with Gasteiger partial charge in [0.25, 0.3) is 14.1 Å². The van der Waals surface area contributed by atoms with Crippen molar-refractivity contribution < 1.29 is 32.7 Å². The molecular weight excluding hydrogens is 747 g/mol. The molecule has 0 amide bonds. The zero-order valence-corrected chi connectivity index (χ0v) is 34.6. The van der Waals surface area contributed by atoms with Crippen LogP contribution in [0.4, 0.5) is 0 Å². The van der Waals surface area contributed by atoms with Gasteiger partial charge in [0.2, 0.25) is 0 Å². The van der Waals surface area contributed by atoms with Crippen LogP contribution in [0.15, 0.2) is 94.6 Å². The maximum Gasteiger partial charge on any atom is 0.330 e. The molecule has 13 nitrogen and oxygen atoms in total. The molecule has 4 aromatic rings. The SMILES string of the molecule is COc1ccc(C(OC[C@H]2O[C@@H](n3cc(C)c(=O)[nH]c3=O)[C@@H]3OCCC[C@@]23OP(OCCC#N)N(C(C)C)C(C)C)(c2ccccc2)c2ccc(OC)cc2)cc1. The standard InChI is InChI=1S/C43H53N4O9P/c1-29(2)47(30(3)4)57(54-26-12-24-44)56-42-23-11-25-52-38(42)40(46-27-31(5)39(48)45-41(46)49)55-37(42)28-53-43(32-13-9-8-10-14-32,33-15-19-35(50-6)20-16-33)34-17-21-36(51-7)22-18-34/h8-10,13-22,27,29-30,37-38,40H,11-12,23,25-26,28H2,1-7H3,(H,45,48,49)/t37-,38+,40-,42-,57?/m1/s1. The number of aromatic amines is 1. The summed E-state index contributed by atoms with van der Waals surface area (Å²) in [5.41, 5.74) is -0.622. The minimum absolute atomic E-state index is 0.0192. The summed E-state index contributed by atoms with van der Waals surface area (Å²) in [6.07, 6.45) is 0.194. The molecule has 304 valence electrons. The second-order valence-electron chi connectivity index (χ2n) is 14.8. The van der Waals surface area contributed by atoms with Crippen molar-refractivity contribution in [1.82, 2.24) is 14.2 Å². The zero-order valence-electron chi connectivity index (χ0n) is 33.7. The third-order valence-electron chi connectivity index (χ3n) is 10.6. The molecule has 1 unspecified atom stereocenters. The fraction of sp³-hybridized carbons (Fsp3) is 0.465. The highest BCUT2D eigenvalue weighted by Gasteiger charge is 2.63. The Labute approximate surface area is 335 Å². The van der Waals surface area contributed by atoms with Gasteiger partial charge in [-0.1, -0.05) is 54.6 Å². The molecule has 2 fully saturated rings. The van der Waals surface area contributed by atoms with Gasteiger partial charge in [-0.3, -0.25) is 14.3 Å². The van der Waals surface area contributed by atoms with Crippen LogP contribution in [0, 0.1) is 18.3 Å². The van der Waals surface area contributed by atoms with Crippen LogP contribution in [-0.4, -0.2) is 78.2 Å². The molecular formula is C43H53N4O9P. The largest absolute Gasteiger partial charge is 0.497 e. The van der Waals surface area contributed by atoms with Gasteiger partial charge < -0.3 is 32.7 Å². The number of benzene rings is 3. The molecule has 5 atom stereocenters. The Kier molecular flexibility index (Phi) is 13.7. The molecule has 1 N–H and O–H groups in total. The van der Waals surface area contributed by atoms with E-state index in [4.69, 9.17) is 32.7 Å². The Hall–Kier alpha value is -4.38. The monoisotopic (exact) mass is 800 g/mol. The number of aryl methyl sites for hydroxylation is 1. The van der Waals surface area contributed by atoms with Crippen LogP contribution >= 0.6 is 8.53 Å². The average molecular weight is 801 g/mol. The van der Waals surface area contributed by atoms with Gasteiger partial charge in [-0.05, 0) is 88.4 Å². The summed E-state index contributed by atoms with van der Waals surface area (Å²) in [6.45, 7) is 10.5. The van der Waals surface area contributed by atoms with Crippen LogP contribution in [0.25, 0.3) is 0 Å². The van der Waals surface area contributed by atoms with Crippen LogP contribution in [0.5, 0.6) is 11.5 Å². The highest BCUT2D eigenvalue weighted by Crippen LogP contribution is 2.57. The smallest absolute Gasteiger partial charge is 0.330 e. The van der Waals surface area contributed by atoms with Crippen LogP contribution in [0.3, 0.4) is 0 Å². The lowest BCUT2D eigenvalue weighted by molar-refractivity contribution is -0.145. The van der Waals surface area contributed by atoms with Gasteiger partial charge in [-0.15, -0.1) is 0 Å². The van der Waals surface area contributed by atoms with Crippen molar-refractivity contribution in [2.45, 2.75) is 95.6 Å². The van der Waals surface area contributed by atoms with Gasteiger partial charge in [0.15, 0.2) is 6.23 Å². The number of ether oxygens (including phenoxy) is 5. The Morgan fingerprint density at radius 1 is 0.947 bits per heavy atom. The van der Waals surface area contributed by atoms with Crippen molar-refractivity contribution >= 4 is 8.53 Å². The normalized spacial score (nSPS) is 21.4. The Morgan fingerprint density at radius 3 is 2.11 bits per heavy atom. The number of methoxy groups -OCH3 is 2.